The molecule has 2 aromatic carbocycles. The zero-order chi connectivity index (χ0) is 21.0. The van der Waals surface area contributed by atoms with Gasteiger partial charge in [-0.15, -0.1) is 11.3 Å². The Bertz CT molecular complexity index is 1130. The summed E-state index contributed by atoms with van der Waals surface area (Å²) in [5.74, 6) is -0.238. The first-order valence-corrected chi connectivity index (χ1v) is 11.4. The third kappa shape index (κ3) is 5.02. The van der Waals surface area contributed by atoms with Crippen molar-refractivity contribution in [2.24, 2.45) is 0 Å². The number of carbonyl (C=O) groups is 1. The molecule has 1 amide bonds. The number of benzene rings is 2. The smallest absolute Gasteiger partial charge is 0.242 e. The fraction of sp³-hybridized carbons (Fsp3) is 0.200. The fourth-order valence-electron chi connectivity index (χ4n) is 2.67. The molecule has 3 aromatic rings. The van der Waals surface area contributed by atoms with Crippen LogP contribution in [0, 0.1) is 0 Å². The van der Waals surface area contributed by atoms with Crippen molar-refractivity contribution in [2.75, 3.05) is 14.1 Å². The number of aromatic nitrogens is 1. The molecule has 0 bridgehead atoms. The maximum absolute atomic E-state index is 12.4. The summed E-state index contributed by atoms with van der Waals surface area (Å²) in [6, 6.07) is 14.0. The van der Waals surface area contributed by atoms with E-state index in [-0.39, 0.29) is 23.8 Å². The highest BCUT2D eigenvalue weighted by atomic mass is 35.5. The van der Waals surface area contributed by atoms with Gasteiger partial charge < -0.3 is 5.32 Å². The Kier molecular flexibility index (Phi) is 6.69. The lowest BCUT2D eigenvalue weighted by Gasteiger charge is -2.15. The van der Waals surface area contributed by atoms with Gasteiger partial charge in [0.15, 0.2) is 0 Å². The van der Waals surface area contributed by atoms with Crippen molar-refractivity contribution in [2.45, 2.75) is 17.9 Å². The Morgan fingerprint density at radius 3 is 2.55 bits per heavy atom. The van der Waals surface area contributed by atoms with Crippen molar-refractivity contribution in [3.8, 4) is 10.6 Å². The summed E-state index contributed by atoms with van der Waals surface area (Å²) >= 11 is 7.62. The predicted molar refractivity (Wildman–Crippen MR) is 115 cm³/mol. The van der Waals surface area contributed by atoms with Gasteiger partial charge in [0.2, 0.25) is 15.9 Å². The molecule has 152 valence electrons. The Labute approximate surface area is 179 Å². The molecular weight excluding hydrogens is 430 g/mol. The monoisotopic (exact) mass is 449 g/mol. The normalized spacial score (nSPS) is 11.6. The molecule has 0 spiro atoms. The van der Waals surface area contributed by atoms with Gasteiger partial charge in [0.05, 0.1) is 22.0 Å². The number of nitrogens with one attached hydrogen (secondary N) is 1. The average molecular weight is 450 g/mol. The van der Waals surface area contributed by atoms with Crippen molar-refractivity contribution in [1.82, 2.24) is 14.6 Å². The summed E-state index contributed by atoms with van der Waals surface area (Å²) in [5, 5.41) is 5.96. The zero-order valence-electron chi connectivity index (χ0n) is 15.9. The zero-order valence-corrected chi connectivity index (χ0v) is 18.3. The van der Waals surface area contributed by atoms with Gasteiger partial charge in [-0.2, -0.15) is 0 Å². The number of carbonyl (C=O) groups excluding carboxylic acids is 1. The van der Waals surface area contributed by atoms with Gasteiger partial charge in [0.1, 0.15) is 5.01 Å². The lowest BCUT2D eigenvalue weighted by molar-refractivity contribution is -0.120. The molecule has 1 N–H and O–H groups in total. The van der Waals surface area contributed by atoms with E-state index in [1.165, 1.54) is 31.5 Å². The van der Waals surface area contributed by atoms with Gasteiger partial charge >= 0.3 is 0 Å². The molecule has 0 saturated heterocycles. The van der Waals surface area contributed by atoms with Crippen molar-refractivity contribution in [1.29, 1.82) is 0 Å². The van der Waals surface area contributed by atoms with E-state index in [1.54, 1.807) is 24.3 Å². The molecule has 3 rings (SSSR count). The van der Waals surface area contributed by atoms with E-state index in [0.717, 1.165) is 14.9 Å². The summed E-state index contributed by atoms with van der Waals surface area (Å²) in [7, 11) is -0.635. The Morgan fingerprint density at radius 2 is 1.83 bits per heavy atom. The van der Waals surface area contributed by atoms with Crippen LogP contribution in [0.2, 0.25) is 5.02 Å². The first-order valence-electron chi connectivity index (χ1n) is 8.75. The van der Waals surface area contributed by atoms with Crippen LogP contribution in [0.5, 0.6) is 0 Å². The standard InChI is InChI=1S/C20H20ClN3O3S2/c1-24(2)29(26,27)18-10-6-3-7-14(18)12-22-19(25)11-15-13-28-20(23-15)16-8-4-5-9-17(16)21/h3-10,13H,11-12H2,1-2H3,(H,22,25). The Morgan fingerprint density at radius 1 is 1.14 bits per heavy atom. The molecule has 0 aliphatic carbocycles. The molecule has 0 radical (unpaired) electrons. The minimum absolute atomic E-state index is 0.101. The van der Waals surface area contributed by atoms with Crippen LogP contribution >= 0.6 is 22.9 Å². The topological polar surface area (TPSA) is 79.4 Å². The Hall–Kier alpha value is -2.26. The highest BCUT2D eigenvalue weighted by Gasteiger charge is 2.21. The molecule has 6 nitrogen and oxygen atoms in total. The number of hydrogen-bond donors (Lipinski definition) is 1. The van der Waals surface area contributed by atoms with E-state index in [9.17, 15) is 13.2 Å². The van der Waals surface area contributed by atoms with E-state index in [2.05, 4.69) is 10.3 Å². The van der Waals surface area contributed by atoms with Crippen molar-refractivity contribution < 1.29 is 13.2 Å². The molecule has 0 aliphatic heterocycles. The molecule has 9 heteroatoms. The van der Waals surface area contributed by atoms with Crippen LogP contribution in [0.15, 0.2) is 58.8 Å². The second kappa shape index (κ2) is 9.04. The maximum atomic E-state index is 12.4. The second-order valence-corrected chi connectivity index (χ2v) is 9.86. The number of amides is 1. The van der Waals surface area contributed by atoms with Crippen LogP contribution in [0.1, 0.15) is 11.3 Å². The molecule has 0 unspecified atom stereocenters. The Balaban J connectivity index is 1.67. The highest BCUT2D eigenvalue weighted by Crippen LogP contribution is 2.30. The van der Waals surface area contributed by atoms with Gasteiger partial charge in [0.25, 0.3) is 0 Å². The second-order valence-electron chi connectivity index (χ2n) is 6.47. The lowest BCUT2D eigenvalue weighted by Crippen LogP contribution is -2.28. The van der Waals surface area contributed by atoms with Crippen LogP contribution in [0.25, 0.3) is 10.6 Å². The van der Waals surface area contributed by atoms with E-state index >= 15 is 0 Å². The molecule has 29 heavy (non-hydrogen) atoms. The van der Waals surface area contributed by atoms with Gasteiger partial charge in [-0.05, 0) is 17.7 Å². The van der Waals surface area contributed by atoms with Crippen LogP contribution in [0.3, 0.4) is 0 Å². The maximum Gasteiger partial charge on any atom is 0.242 e. The van der Waals surface area contributed by atoms with E-state index in [1.807, 2.05) is 23.6 Å². The van der Waals surface area contributed by atoms with Crippen LogP contribution in [0.4, 0.5) is 0 Å². The molecule has 0 fully saturated rings. The van der Waals surface area contributed by atoms with Gasteiger partial charge in [-0.25, -0.2) is 17.7 Å². The molecule has 1 aromatic heterocycles. The van der Waals surface area contributed by atoms with Gasteiger partial charge in [-0.1, -0.05) is 48.0 Å². The fourth-order valence-corrected chi connectivity index (χ4v) is 4.92. The predicted octanol–water partition coefficient (Wildman–Crippen LogP) is 3.57. The lowest BCUT2D eigenvalue weighted by atomic mass is 10.2. The summed E-state index contributed by atoms with van der Waals surface area (Å²) in [6.07, 6.45) is 0.101. The number of thiazole rings is 1. The van der Waals surface area contributed by atoms with Gasteiger partial charge in [-0.3, -0.25) is 4.79 Å². The summed E-state index contributed by atoms with van der Waals surface area (Å²) in [6.45, 7) is 0.115. The number of nitrogens with zero attached hydrogens (tertiary/aromatic N) is 2. The van der Waals surface area contributed by atoms with E-state index < -0.39 is 10.0 Å². The minimum atomic E-state index is -3.59. The molecule has 0 saturated carbocycles. The molecular formula is C20H20ClN3O3S2. The number of sulfonamides is 1. The van der Waals surface area contributed by atoms with E-state index in [0.29, 0.717) is 16.3 Å². The van der Waals surface area contributed by atoms with Crippen LogP contribution in [-0.2, 0) is 27.8 Å². The third-order valence-electron chi connectivity index (χ3n) is 4.20. The highest BCUT2D eigenvalue weighted by molar-refractivity contribution is 7.89. The average Bonchev–Trinajstić information content (AvgIpc) is 3.15. The molecule has 0 aliphatic rings. The quantitative estimate of drug-likeness (QED) is 0.598. The summed E-state index contributed by atoms with van der Waals surface area (Å²) < 4.78 is 26.0. The largest absolute Gasteiger partial charge is 0.352 e. The number of rotatable bonds is 7. The minimum Gasteiger partial charge on any atom is -0.352 e. The number of halogens is 1. The van der Waals surface area contributed by atoms with Crippen LogP contribution in [-0.4, -0.2) is 37.7 Å². The number of hydrogen-bond acceptors (Lipinski definition) is 5. The van der Waals surface area contributed by atoms with Crippen molar-refractivity contribution in [3.63, 3.8) is 0 Å². The van der Waals surface area contributed by atoms with E-state index in [4.69, 9.17) is 11.6 Å². The summed E-state index contributed by atoms with van der Waals surface area (Å²) in [5.41, 5.74) is 2.00. The first-order chi connectivity index (χ1) is 13.8. The molecule has 1 heterocycles. The van der Waals surface area contributed by atoms with Crippen molar-refractivity contribution >= 4 is 38.9 Å². The third-order valence-corrected chi connectivity index (χ3v) is 7.37. The molecule has 0 atom stereocenters. The SMILES string of the molecule is CN(C)S(=O)(=O)c1ccccc1CNC(=O)Cc1csc(-c2ccccc2Cl)n1. The van der Waals surface area contributed by atoms with Gasteiger partial charge in [0, 0.05) is 31.6 Å². The first kappa shape index (κ1) is 21.4. The van der Waals surface area contributed by atoms with Crippen LogP contribution < -0.4 is 5.32 Å². The summed E-state index contributed by atoms with van der Waals surface area (Å²) in [4.78, 5) is 17.0. The van der Waals surface area contributed by atoms with Crippen molar-refractivity contribution in [3.05, 3.63) is 70.2 Å².